The van der Waals surface area contributed by atoms with Crippen molar-refractivity contribution in [1.82, 2.24) is 0 Å². The number of nitrogens with two attached hydrogens (primary N) is 2. The van der Waals surface area contributed by atoms with Gasteiger partial charge in [0.1, 0.15) is 0 Å². The van der Waals surface area contributed by atoms with Gasteiger partial charge in [-0.15, -0.1) is 0 Å². The zero-order chi connectivity index (χ0) is 25.5. The van der Waals surface area contributed by atoms with E-state index in [0.717, 1.165) is 31.1 Å². The molecule has 0 unspecified atom stereocenters. The summed E-state index contributed by atoms with van der Waals surface area (Å²) in [5.74, 6) is -5.87. The second kappa shape index (κ2) is 34.4. The molecule has 0 bridgehead atoms. The Morgan fingerprint density at radius 3 is 1.31 bits per heavy atom. The summed E-state index contributed by atoms with van der Waals surface area (Å²) in [7, 11) is 0. The fourth-order valence-electron chi connectivity index (χ4n) is 2.17. The van der Waals surface area contributed by atoms with Gasteiger partial charge in [0.25, 0.3) is 0 Å². The average molecular weight is 593 g/mol. The van der Waals surface area contributed by atoms with E-state index >= 15 is 0 Å². The number of carboxylic acid groups (broad SMARTS) is 4. The first kappa shape index (κ1) is 48.4. The largest absolute Gasteiger partial charge is 1.00 e. The van der Waals surface area contributed by atoms with Crippen LogP contribution in [0.1, 0.15) is 84.0 Å². The van der Waals surface area contributed by atoms with Gasteiger partial charge in [0.2, 0.25) is 0 Å². The van der Waals surface area contributed by atoms with E-state index in [1.807, 2.05) is 0 Å². The SMILES string of the molecule is CCCCCCCCCCC[C](=O)[Zn+2].N[C@@H](CC(=O)O)C(=O)[O-].N[C@@H](CC(=O)[O-])C(=O)[O-].[Cl-].[Na+].[Na+]. The normalized spacial score (nSPS) is 10.7. The molecule has 0 amide bonds. The number of carbonyl (C=O) groups excluding carboxylic acids is 4. The Hall–Kier alpha value is 0.383. The first-order chi connectivity index (χ1) is 14.8. The third kappa shape index (κ3) is 48.1. The smallest absolute Gasteiger partial charge is 1.00 e. The second-order valence-electron chi connectivity index (χ2n) is 7.14. The van der Waals surface area contributed by atoms with Crippen molar-refractivity contribution in [2.24, 2.45) is 11.5 Å². The van der Waals surface area contributed by atoms with Crippen LogP contribution in [0.2, 0.25) is 0 Å². The minimum Gasteiger partial charge on any atom is -1.00 e. The minimum absolute atomic E-state index is 0. The van der Waals surface area contributed by atoms with Crippen molar-refractivity contribution in [2.75, 3.05) is 0 Å². The van der Waals surface area contributed by atoms with Gasteiger partial charge < -0.3 is 58.7 Å². The van der Waals surface area contributed by atoms with Crippen LogP contribution in [0, 0.1) is 0 Å². The summed E-state index contributed by atoms with van der Waals surface area (Å²) in [5, 5.41) is 37.0. The van der Waals surface area contributed by atoms with Crippen LogP contribution in [0.5, 0.6) is 0 Å². The molecule has 0 radical (unpaired) electrons. The zero-order valence-electron chi connectivity index (χ0n) is 21.1. The molecule has 0 aromatic rings. The van der Waals surface area contributed by atoms with Crippen LogP contribution in [0.15, 0.2) is 0 Å². The topological polar surface area (TPSA) is 227 Å². The maximum Gasteiger partial charge on any atom is 1.00 e. The van der Waals surface area contributed by atoms with Gasteiger partial charge in [-0.2, -0.15) is 0 Å². The van der Waals surface area contributed by atoms with Crippen molar-refractivity contribution in [2.45, 2.75) is 96.1 Å². The Morgan fingerprint density at radius 1 is 0.743 bits per heavy atom. The van der Waals surface area contributed by atoms with Crippen molar-refractivity contribution in [1.29, 1.82) is 0 Å². The average Bonchev–Trinajstić information content (AvgIpc) is 2.66. The monoisotopic (exact) mass is 591 g/mol. The quantitative estimate of drug-likeness (QED) is 0.112. The van der Waals surface area contributed by atoms with Crippen molar-refractivity contribution in [3.8, 4) is 0 Å². The molecule has 35 heavy (non-hydrogen) atoms. The van der Waals surface area contributed by atoms with Crippen molar-refractivity contribution < 1.29 is 134 Å². The number of hydrogen-bond acceptors (Lipinski definition) is 10. The van der Waals surface area contributed by atoms with Gasteiger partial charge in [-0.1, -0.05) is 0 Å². The number of carbonyl (C=O) groups is 5. The molecule has 0 aromatic carbocycles. The van der Waals surface area contributed by atoms with E-state index in [9.17, 15) is 39.3 Å². The molecule has 0 heterocycles. The molecule has 0 spiro atoms. The van der Waals surface area contributed by atoms with Crippen molar-refractivity contribution >= 4 is 28.3 Å². The van der Waals surface area contributed by atoms with Crippen LogP contribution in [0.25, 0.3) is 0 Å². The van der Waals surface area contributed by atoms with Gasteiger partial charge in [0.05, 0.1) is 24.4 Å². The molecule has 0 aliphatic heterocycles. The molecule has 15 heteroatoms. The molecule has 189 valence electrons. The maximum absolute atomic E-state index is 10.7. The number of hydrogen-bond donors (Lipinski definition) is 3. The van der Waals surface area contributed by atoms with E-state index in [4.69, 9.17) is 16.6 Å². The molecule has 0 aliphatic rings. The Labute approximate surface area is 267 Å². The summed E-state index contributed by atoms with van der Waals surface area (Å²) in [6.45, 7) is 2.25. The van der Waals surface area contributed by atoms with Crippen LogP contribution in [-0.2, 0) is 42.3 Å². The predicted molar refractivity (Wildman–Crippen MR) is 105 cm³/mol. The van der Waals surface area contributed by atoms with Gasteiger partial charge in [-0.25, -0.2) is 0 Å². The molecule has 5 N–H and O–H groups in total. The van der Waals surface area contributed by atoms with Gasteiger partial charge >= 0.3 is 164 Å². The third-order valence-corrected chi connectivity index (χ3v) is 4.69. The van der Waals surface area contributed by atoms with Crippen LogP contribution in [0.3, 0.4) is 0 Å². The Balaban J connectivity index is -0.0000000895. The fourth-order valence-corrected chi connectivity index (χ4v) is 2.69. The summed E-state index contributed by atoms with van der Waals surface area (Å²) in [6.07, 6.45) is 11.6. The van der Waals surface area contributed by atoms with E-state index in [2.05, 4.69) is 6.92 Å². The second-order valence-corrected chi connectivity index (χ2v) is 8.80. The van der Waals surface area contributed by atoms with Crippen molar-refractivity contribution in [3.05, 3.63) is 0 Å². The standard InChI is InChI=1S/C12H23O.2C4H7NO4.ClH.2Na.Zn/c1-2-3-4-5-6-7-8-9-10-11-12-13;2*5-2(4(8)9)1-3(6)7;;;;/h2-11H2,1H3;2*2H,1,5H2,(H,6,7)(H,8,9);1H;;;/q;;;;2*+1;+2/p-4/t;2*2-;;;;/m.00..../s1. The Morgan fingerprint density at radius 2 is 1.09 bits per heavy atom. The van der Waals surface area contributed by atoms with Gasteiger partial charge in [-0.05, 0) is 0 Å². The van der Waals surface area contributed by atoms with Gasteiger partial charge in [-0.3, -0.25) is 4.79 Å². The van der Waals surface area contributed by atoms with Gasteiger partial charge in [0.15, 0.2) is 0 Å². The molecule has 2 atom stereocenters. The van der Waals surface area contributed by atoms with Crippen LogP contribution in [-0.4, -0.2) is 45.4 Å². The molecule has 0 aromatic heterocycles. The minimum atomic E-state index is -1.58. The van der Waals surface area contributed by atoms with Crippen LogP contribution >= 0.6 is 0 Å². The number of aliphatic carboxylic acids is 4. The summed E-state index contributed by atoms with van der Waals surface area (Å²) in [5.41, 5.74) is 9.51. The van der Waals surface area contributed by atoms with E-state index in [0.29, 0.717) is 4.38 Å². The van der Waals surface area contributed by atoms with Gasteiger partial charge in [0, 0.05) is 18.4 Å². The van der Waals surface area contributed by atoms with E-state index in [1.54, 1.807) is 0 Å². The first-order valence-corrected chi connectivity index (χ1v) is 12.0. The predicted octanol–water partition coefficient (Wildman–Crippen LogP) is -11.3. The van der Waals surface area contributed by atoms with E-state index in [-0.39, 0.29) is 71.5 Å². The third-order valence-electron chi connectivity index (χ3n) is 3.95. The Bertz CT molecular complexity index is 545. The molecule has 0 rings (SSSR count). The van der Waals surface area contributed by atoms with E-state index in [1.165, 1.54) is 51.4 Å². The van der Waals surface area contributed by atoms with Crippen LogP contribution in [0.4, 0.5) is 0 Å². The number of halogens is 1. The molecular weight excluding hydrogens is 559 g/mol. The number of rotatable bonds is 16. The van der Waals surface area contributed by atoms with Crippen LogP contribution < -0.4 is 98.3 Å². The molecular formula is C20H34ClN2Na2O9Zn. The number of unbranched alkanes of at least 4 members (excludes halogenated alkanes) is 8. The Kier molecular flexibility index (Phi) is 47.6. The maximum atomic E-state index is 10.7. The molecule has 0 saturated heterocycles. The molecule has 11 nitrogen and oxygen atoms in total. The summed E-state index contributed by atoms with van der Waals surface area (Å²) < 4.78 is 0.466. The summed E-state index contributed by atoms with van der Waals surface area (Å²) in [4.78, 5) is 49.5. The summed E-state index contributed by atoms with van der Waals surface area (Å²) >= 11 is 0.844. The zero-order valence-corrected chi connectivity index (χ0v) is 28.8. The fraction of sp³-hybridized carbons (Fsp3) is 0.750. The summed E-state index contributed by atoms with van der Waals surface area (Å²) in [6, 6.07) is -2.86. The first-order valence-electron chi connectivity index (χ1n) is 10.5. The molecule has 0 fully saturated rings. The molecule has 0 saturated carbocycles. The van der Waals surface area contributed by atoms with E-state index < -0.39 is 48.8 Å². The van der Waals surface area contributed by atoms with Crippen molar-refractivity contribution in [3.63, 3.8) is 0 Å². The number of carboxylic acids is 4. The molecule has 0 aliphatic carbocycles.